The van der Waals surface area contributed by atoms with Crippen LogP contribution in [0, 0.1) is 6.92 Å². The molecule has 1 N–H and O–H groups in total. The van der Waals surface area contributed by atoms with Crippen molar-refractivity contribution in [2.45, 2.75) is 97.6 Å². The van der Waals surface area contributed by atoms with Crippen molar-refractivity contribution in [2.24, 2.45) is 0 Å². The monoisotopic (exact) mass is 454 g/mol. The Morgan fingerprint density at radius 1 is 0.909 bits per heavy atom. The van der Waals surface area contributed by atoms with Gasteiger partial charge in [0.05, 0.1) is 5.69 Å². The SMILES string of the molecule is CCCCCCCCCCCC(=O)NCCCn1ccc(=O)c(OCc2ccccc2)c1C. The smallest absolute Gasteiger partial charge is 0.223 e. The summed E-state index contributed by atoms with van der Waals surface area (Å²) < 4.78 is 7.85. The summed E-state index contributed by atoms with van der Waals surface area (Å²) >= 11 is 0. The van der Waals surface area contributed by atoms with Crippen molar-refractivity contribution >= 4 is 5.91 Å². The Hall–Kier alpha value is -2.56. The van der Waals surface area contributed by atoms with E-state index in [1.165, 1.54) is 44.9 Å². The highest BCUT2D eigenvalue weighted by Gasteiger charge is 2.09. The molecular formula is C28H42N2O3. The fourth-order valence-corrected chi connectivity index (χ4v) is 3.96. The van der Waals surface area contributed by atoms with Crippen LogP contribution in [0.1, 0.15) is 88.8 Å². The number of nitrogens with one attached hydrogen (secondary N) is 1. The minimum atomic E-state index is -0.103. The van der Waals surface area contributed by atoms with Crippen LogP contribution in [-0.2, 0) is 17.9 Å². The molecule has 0 fully saturated rings. The average molecular weight is 455 g/mol. The molecule has 0 radical (unpaired) electrons. The van der Waals surface area contributed by atoms with Gasteiger partial charge in [0.1, 0.15) is 6.61 Å². The molecule has 2 rings (SSSR count). The van der Waals surface area contributed by atoms with Crippen molar-refractivity contribution < 1.29 is 9.53 Å². The predicted molar refractivity (Wildman–Crippen MR) is 136 cm³/mol. The second-order valence-corrected chi connectivity index (χ2v) is 8.84. The number of benzene rings is 1. The van der Waals surface area contributed by atoms with E-state index in [0.29, 0.717) is 25.3 Å². The Bertz CT molecular complexity index is 861. The molecule has 5 nitrogen and oxygen atoms in total. The Morgan fingerprint density at radius 3 is 2.27 bits per heavy atom. The predicted octanol–water partition coefficient (Wildman–Crippen LogP) is 6.16. The van der Waals surface area contributed by atoms with E-state index in [4.69, 9.17) is 4.74 Å². The molecular weight excluding hydrogens is 412 g/mol. The standard InChI is InChI=1S/C28H42N2O3/c1-3-4-5-6-7-8-9-10-14-18-27(32)29-20-15-21-30-22-19-26(31)28(24(30)2)33-23-25-16-12-11-13-17-25/h11-13,16-17,19,22H,3-10,14-15,18,20-21,23H2,1-2H3,(H,29,32). The minimum Gasteiger partial charge on any atom is -0.483 e. The average Bonchev–Trinajstić information content (AvgIpc) is 2.82. The lowest BCUT2D eigenvalue weighted by Gasteiger charge is -2.15. The molecule has 1 aromatic carbocycles. The van der Waals surface area contributed by atoms with E-state index >= 15 is 0 Å². The zero-order chi connectivity index (χ0) is 23.7. The van der Waals surface area contributed by atoms with Gasteiger partial charge in [-0.2, -0.15) is 0 Å². The number of ether oxygens (including phenoxy) is 1. The van der Waals surface area contributed by atoms with Crippen LogP contribution in [0.2, 0.25) is 0 Å². The molecule has 1 amide bonds. The topological polar surface area (TPSA) is 60.3 Å². The molecule has 0 atom stereocenters. The summed E-state index contributed by atoms with van der Waals surface area (Å²) in [6.07, 6.45) is 14.6. The van der Waals surface area contributed by atoms with Crippen molar-refractivity contribution in [3.8, 4) is 5.75 Å². The summed E-state index contributed by atoms with van der Waals surface area (Å²) in [5.74, 6) is 0.539. The van der Waals surface area contributed by atoms with Crippen LogP contribution in [0.5, 0.6) is 5.75 Å². The van der Waals surface area contributed by atoms with Crippen LogP contribution in [-0.4, -0.2) is 17.0 Å². The number of carbonyl (C=O) groups excluding carboxylic acids is 1. The van der Waals surface area contributed by atoms with Gasteiger partial charge in [-0.15, -0.1) is 0 Å². The zero-order valence-corrected chi connectivity index (χ0v) is 20.6. The van der Waals surface area contributed by atoms with E-state index < -0.39 is 0 Å². The van der Waals surface area contributed by atoms with Gasteiger partial charge in [-0.05, 0) is 25.3 Å². The molecule has 182 valence electrons. The van der Waals surface area contributed by atoms with Crippen LogP contribution in [0.4, 0.5) is 0 Å². The number of pyridine rings is 1. The summed E-state index contributed by atoms with van der Waals surface area (Å²) in [4.78, 5) is 24.3. The number of unbranched alkanes of at least 4 members (excludes halogenated alkanes) is 8. The number of nitrogens with zero attached hydrogens (tertiary/aromatic N) is 1. The Labute approximate surface area is 199 Å². The molecule has 0 saturated heterocycles. The van der Waals surface area contributed by atoms with E-state index in [1.807, 2.05) is 41.8 Å². The second kappa shape index (κ2) is 16.1. The molecule has 0 spiro atoms. The van der Waals surface area contributed by atoms with Crippen LogP contribution in [0.15, 0.2) is 47.4 Å². The lowest BCUT2D eigenvalue weighted by molar-refractivity contribution is -0.121. The maximum Gasteiger partial charge on any atom is 0.223 e. The van der Waals surface area contributed by atoms with Crippen molar-refractivity contribution in [1.82, 2.24) is 9.88 Å². The van der Waals surface area contributed by atoms with Gasteiger partial charge in [-0.25, -0.2) is 0 Å². The highest BCUT2D eigenvalue weighted by atomic mass is 16.5. The van der Waals surface area contributed by atoms with Crippen LogP contribution >= 0.6 is 0 Å². The molecule has 0 aliphatic rings. The minimum absolute atomic E-state index is 0.103. The normalized spacial score (nSPS) is 10.8. The Balaban J connectivity index is 1.62. The number of hydrogen-bond acceptors (Lipinski definition) is 3. The van der Waals surface area contributed by atoms with Crippen molar-refractivity contribution in [1.29, 1.82) is 0 Å². The first-order chi connectivity index (χ1) is 16.1. The molecule has 5 heteroatoms. The van der Waals surface area contributed by atoms with E-state index in [-0.39, 0.29) is 11.3 Å². The van der Waals surface area contributed by atoms with Crippen molar-refractivity contribution in [3.63, 3.8) is 0 Å². The first-order valence-corrected chi connectivity index (χ1v) is 12.7. The van der Waals surface area contributed by atoms with Crippen LogP contribution in [0.3, 0.4) is 0 Å². The Kier molecular flexibility index (Phi) is 13.0. The highest BCUT2D eigenvalue weighted by molar-refractivity contribution is 5.75. The van der Waals surface area contributed by atoms with E-state index in [1.54, 1.807) is 12.3 Å². The van der Waals surface area contributed by atoms with Gasteiger partial charge in [0.15, 0.2) is 5.75 Å². The number of aryl methyl sites for hydroxylation is 1. The summed E-state index contributed by atoms with van der Waals surface area (Å²) in [5.41, 5.74) is 1.75. The second-order valence-electron chi connectivity index (χ2n) is 8.84. The van der Waals surface area contributed by atoms with Crippen molar-refractivity contribution in [2.75, 3.05) is 6.54 Å². The first kappa shape index (κ1) is 26.7. The van der Waals surface area contributed by atoms with Gasteiger partial charge in [-0.1, -0.05) is 88.6 Å². The third kappa shape index (κ3) is 10.7. The van der Waals surface area contributed by atoms with Gasteiger partial charge >= 0.3 is 0 Å². The molecule has 33 heavy (non-hydrogen) atoms. The third-order valence-electron chi connectivity index (χ3n) is 6.02. The number of amides is 1. The fourth-order valence-electron chi connectivity index (χ4n) is 3.96. The van der Waals surface area contributed by atoms with E-state index in [2.05, 4.69) is 12.2 Å². The maximum absolute atomic E-state index is 12.3. The van der Waals surface area contributed by atoms with Crippen LogP contribution < -0.4 is 15.5 Å². The summed E-state index contributed by atoms with van der Waals surface area (Å²) in [7, 11) is 0. The fraction of sp³-hybridized carbons (Fsp3) is 0.571. The molecule has 1 aromatic heterocycles. The summed E-state index contributed by atoms with van der Waals surface area (Å²) in [5, 5.41) is 3.03. The molecule has 2 aromatic rings. The quantitative estimate of drug-likeness (QED) is 0.291. The summed E-state index contributed by atoms with van der Waals surface area (Å²) in [6.45, 7) is 5.89. The van der Waals surface area contributed by atoms with Gasteiger partial charge in [0.25, 0.3) is 0 Å². The first-order valence-electron chi connectivity index (χ1n) is 12.7. The molecule has 0 saturated carbocycles. The lowest BCUT2D eigenvalue weighted by Crippen LogP contribution is -2.25. The number of carbonyl (C=O) groups is 1. The lowest BCUT2D eigenvalue weighted by atomic mass is 10.1. The van der Waals surface area contributed by atoms with Gasteiger partial charge < -0.3 is 14.6 Å². The van der Waals surface area contributed by atoms with Gasteiger partial charge in [0, 0.05) is 31.8 Å². The number of hydrogen-bond donors (Lipinski definition) is 1. The van der Waals surface area contributed by atoms with Crippen molar-refractivity contribution in [3.05, 3.63) is 64.1 Å². The largest absolute Gasteiger partial charge is 0.483 e. The Morgan fingerprint density at radius 2 is 1.58 bits per heavy atom. The number of rotatable bonds is 17. The molecule has 0 unspecified atom stereocenters. The van der Waals surface area contributed by atoms with E-state index in [0.717, 1.165) is 37.1 Å². The molecule has 0 aliphatic carbocycles. The molecule has 1 heterocycles. The van der Waals surface area contributed by atoms with Gasteiger partial charge in [0.2, 0.25) is 11.3 Å². The number of aromatic nitrogens is 1. The third-order valence-corrected chi connectivity index (χ3v) is 6.02. The maximum atomic E-state index is 12.3. The molecule has 0 bridgehead atoms. The zero-order valence-electron chi connectivity index (χ0n) is 20.6. The molecule has 0 aliphatic heterocycles. The van der Waals surface area contributed by atoms with Crippen LogP contribution in [0.25, 0.3) is 0 Å². The highest BCUT2D eigenvalue weighted by Crippen LogP contribution is 2.14. The van der Waals surface area contributed by atoms with Gasteiger partial charge in [-0.3, -0.25) is 9.59 Å². The summed E-state index contributed by atoms with van der Waals surface area (Å²) in [6, 6.07) is 11.4. The van der Waals surface area contributed by atoms with E-state index in [9.17, 15) is 9.59 Å².